The van der Waals surface area contributed by atoms with Gasteiger partial charge in [0.15, 0.2) is 5.82 Å². The number of aromatic nitrogens is 2. The molecule has 0 spiro atoms. The Morgan fingerprint density at radius 1 is 1.42 bits per heavy atom. The maximum absolute atomic E-state index is 12.9. The van der Waals surface area contributed by atoms with Crippen molar-refractivity contribution in [3.05, 3.63) is 18.2 Å². The van der Waals surface area contributed by atoms with Crippen molar-refractivity contribution < 1.29 is 14.3 Å². The molecule has 0 aliphatic carbocycles. The average Bonchev–Trinajstić information content (AvgIpc) is 3.20. The topological polar surface area (TPSA) is 67.7 Å². The van der Waals surface area contributed by atoms with Gasteiger partial charge in [-0.05, 0) is 25.7 Å². The van der Waals surface area contributed by atoms with Crippen LogP contribution in [-0.4, -0.2) is 70.1 Å². The van der Waals surface area contributed by atoms with Crippen LogP contribution in [0.3, 0.4) is 0 Å². The highest BCUT2D eigenvalue weighted by Crippen LogP contribution is 2.18. The lowest BCUT2D eigenvalue weighted by Crippen LogP contribution is -2.45. The Kier molecular flexibility index (Phi) is 5.50. The van der Waals surface area contributed by atoms with Crippen molar-refractivity contribution in [1.29, 1.82) is 0 Å². The third-order valence-electron chi connectivity index (χ3n) is 4.90. The van der Waals surface area contributed by atoms with Crippen LogP contribution in [0.25, 0.3) is 0 Å². The van der Waals surface area contributed by atoms with Crippen LogP contribution < -0.4 is 0 Å². The monoisotopic (exact) mass is 334 g/mol. The zero-order valence-corrected chi connectivity index (χ0v) is 14.3. The molecule has 3 heterocycles. The molecule has 0 atom stereocenters. The summed E-state index contributed by atoms with van der Waals surface area (Å²) >= 11 is 0. The summed E-state index contributed by atoms with van der Waals surface area (Å²) in [6, 6.07) is 0.192. The third kappa shape index (κ3) is 3.77. The number of carbonyl (C=O) groups is 2. The Hall–Kier alpha value is -1.89. The minimum Gasteiger partial charge on any atom is -0.381 e. The highest BCUT2D eigenvalue weighted by atomic mass is 16.5. The van der Waals surface area contributed by atoms with Gasteiger partial charge in [-0.15, -0.1) is 0 Å². The Morgan fingerprint density at radius 3 is 2.83 bits per heavy atom. The van der Waals surface area contributed by atoms with E-state index in [0.717, 1.165) is 38.8 Å². The second-order valence-corrected chi connectivity index (χ2v) is 6.54. The molecule has 1 aromatic rings. The van der Waals surface area contributed by atoms with Crippen molar-refractivity contribution in [1.82, 2.24) is 19.4 Å². The van der Waals surface area contributed by atoms with Crippen LogP contribution in [0.4, 0.5) is 0 Å². The first kappa shape index (κ1) is 17.0. The van der Waals surface area contributed by atoms with E-state index >= 15 is 0 Å². The molecule has 0 radical (unpaired) electrons. The van der Waals surface area contributed by atoms with Gasteiger partial charge >= 0.3 is 0 Å². The van der Waals surface area contributed by atoms with Crippen molar-refractivity contribution >= 4 is 11.8 Å². The Morgan fingerprint density at radius 2 is 2.21 bits per heavy atom. The van der Waals surface area contributed by atoms with Crippen molar-refractivity contribution in [2.75, 3.05) is 32.8 Å². The van der Waals surface area contributed by atoms with Crippen LogP contribution in [0, 0.1) is 0 Å². The lowest BCUT2D eigenvalue weighted by Gasteiger charge is -2.34. The van der Waals surface area contributed by atoms with E-state index < -0.39 is 0 Å². The Labute approximate surface area is 142 Å². The fourth-order valence-electron chi connectivity index (χ4n) is 3.52. The maximum atomic E-state index is 12.9. The molecule has 7 heteroatoms. The molecule has 7 nitrogen and oxygen atoms in total. The van der Waals surface area contributed by atoms with Gasteiger partial charge in [-0.25, -0.2) is 4.98 Å². The highest BCUT2D eigenvalue weighted by Gasteiger charge is 2.29. The molecule has 1 aromatic heterocycles. The number of aryl methyl sites for hydroxylation is 1. The van der Waals surface area contributed by atoms with Gasteiger partial charge in [-0.1, -0.05) is 0 Å². The molecule has 0 N–H and O–H groups in total. The van der Waals surface area contributed by atoms with Crippen LogP contribution in [0.2, 0.25) is 0 Å². The van der Waals surface area contributed by atoms with E-state index in [4.69, 9.17) is 4.74 Å². The molecule has 2 aliphatic heterocycles. The molecule has 2 aliphatic rings. The second-order valence-electron chi connectivity index (χ2n) is 6.54. The number of nitrogens with zero attached hydrogens (tertiary/aromatic N) is 4. The third-order valence-corrected chi connectivity index (χ3v) is 4.90. The van der Waals surface area contributed by atoms with E-state index in [9.17, 15) is 9.59 Å². The number of imidazole rings is 1. The molecule has 132 valence electrons. The number of carbonyl (C=O) groups excluding carboxylic acids is 2. The van der Waals surface area contributed by atoms with Gasteiger partial charge < -0.3 is 19.1 Å². The van der Waals surface area contributed by atoms with Gasteiger partial charge in [-0.3, -0.25) is 9.59 Å². The predicted molar refractivity (Wildman–Crippen MR) is 88.5 cm³/mol. The van der Waals surface area contributed by atoms with Crippen LogP contribution in [0.15, 0.2) is 12.4 Å². The predicted octanol–water partition coefficient (Wildman–Crippen LogP) is 1.05. The van der Waals surface area contributed by atoms with Crippen LogP contribution in [-0.2, 0) is 16.6 Å². The van der Waals surface area contributed by atoms with Crippen LogP contribution >= 0.6 is 0 Å². The van der Waals surface area contributed by atoms with E-state index in [1.165, 1.54) is 0 Å². The zero-order valence-electron chi connectivity index (χ0n) is 14.3. The van der Waals surface area contributed by atoms with Gasteiger partial charge in [0.05, 0.1) is 0 Å². The molecular formula is C17H26N4O3. The van der Waals surface area contributed by atoms with Crippen molar-refractivity contribution in [3.8, 4) is 0 Å². The lowest BCUT2D eigenvalue weighted by molar-refractivity contribution is -0.127. The van der Waals surface area contributed by atoms with Gasteiger partial charge in [-0.2, -0.15) is 0 Å². The van der Waals surface area contributed by atoms with E-state index in [0.29, 0.717) is 32.0 Å². The maximum Gasteiger partial charge on any atom is 0.290 e. The van der Waals surface area contributed by atoms with Gasteiger partial charge in [0.25, 0.3) is 5.91 Å². The Balaban J connectivity index is 1.64. The molecular weight excluding hydrogens is 308 g/mol. The quantitative estimate of drug-likeness (QED) is 0.780. The smallest absolute Gasteiger partial charge is 0.290 e. The molecule has 24 heavy (non-hydrogen) atoms. The van der Waals surface area contributed by atoms with E-state index in [1.807, 2.05) is 16.8 Å². The molecule has 2 amide bonds. The SMILES string of the molecule is Cn1ccnc1C(=O)N(CCCN1CCCC1=O)C1CCOCC1. The standard InChI is InChI=1S/C17H26N4O3/c1-19-11-7-18-16(19)17(23)21(14-5-12-24-13-6-14)10-3-9-20-8-2-4-15(20)22/h7,11,14H,2-6,8-10,12-13H2,1H3. The van der Waals surface area contributed by atoms with Crippen molar-refractivity contribution in [3.63, 3.8) is 0 Å². The first-order valence-electron chi connectivity index (χ1n) is 8.80. The second kappa shape index (κ2) is 7.79. The average molecular weight is 334 g/mol. The number of ether oxygens (including phenoxy) is 1. The van der Waals surface area contributed by atoms with Gasteiger partial charge in [0.1, 0.15) is 0 Å². The fraction of sp³-hybridized carbons (Fsp3) is 0.706. The molecule has 0 bridgehead atoms. The summed E-state index contributed by atoms with van der Waals surface area (Å²) in [7, 11) is 1.84. The summed E-state index contributed by atoms with van der Waals surface area (Å²) in [6.07, 6.45) is 7.58. The van der Waals surface area contributed by atoms with E-state index in [-0.39, 0.29) is 17.9 Å². The number of hydrogen-bond donors (Lipinski definition) is 0. The molecule has 0 aromatic carbocycles. The molecule has 0 unspecified atom stereocenters. The summed E-state index contributed by atoms with van der Waals surface area (Å²) in [5, 5.41) is 0. The normalized spacial score (nSPS) is 19.0. The summed E-state index contributed by atoms with van der Waals surface area (Å²) in [4.78, 5) is 32.7. The number of rotatable bonds is 6. The number of hydrogen-bond acceptors (Lipinski definition) is 4. The minimum atomic E-state index is -0.0258. The van der Waals surface area contributed by atoms with Gasteiger partial charge in [0, 0.05) is 64.8 Å². The lowest BCUT2D eigenvalue weighted by atomic mass is 10.1. The molecule has 0 saturated carbocycles. The molecule has 2 fully saturated rings. The first-order chi connectivity index (χ1) is 11.7. The van der Waals surface area contributed by atoms with Crippen LogP contribution in [0.1, 0.15) is 42.7 Å². The largest absolute Gasteiger partial charge is 0.381 e. The summed E-state index contributed by atoms with van der Waals surface area (Å²) in [5.41, 5.74) is 0. The van der Waals surface area contributed by atoms with E-state index in [1.54, 1.807) is 17.0 Å². The summed E-state index contributed by atoms with van der Waals surface area (Å²) in [6.45, 7) is 3.62. The summed E-state index contributed by atoms with van der Waals surface area (Å²) < 4.78 is 7.19. The first-order valence-corrected chi connectivity index (χ1v) is 8.80. The summed E-state index contributed by atoms with van der Waals surface area (Å²) in [5.74, 6) is 0.684. The Bertz CT molecular complexity index is 580. The van der Waals surface area contributed by atoms with Crippen molar-refractivity contribution in [2.45, 2.75) is 38.1 Å². The number of likely N-dealkylation sites (tertiary alicyclic amines) is 1. The van der Waals surface area contributed by atoms with E-state index in [2.05, 4.69) is 4.98 Å². The molecule has 3 rings (SSSR count). The fourth-order valence-corrected chi connectivity index (χ4v) is 3.52. The number of amides is 2. The molecule has 2 saturated heterocycles. The van der Waals surface area contributed by atoms with Crippen molar-refractivity contribution in [2.24, 2.45) is 7.05 Å². The van der Waals surface area contributed by atoms with Crippen LogP contribution in [0.5, 0.6) is 0 Å². The van der Waals surface area contributed by atoms with Gasteiger partial charge in [0.2, 0.25) is 5.91 Å². The zero-order chi connectivity index (χ0) is 16.9. The minimum absolute atomic E-state index is 0.0258. The highest BCUT2D eigenvalue weighted by molar-refractivity contribution is 5.91.